The lowest BCUT2D eigenvalue weighted by Gasteiger charge is -2.15. The molecule has 1 aliphatic rings. The number of rotatable bonds is 3. The van der Waals surface area contributed by atoms with Gasteiger partial charge in [0, 0.05) is 6.07 Å². The molecule has 114 valence electrons. The summed E-state index contributed by atoms with van der Waals surface area (Å²) in [5.74, 6) is 5.30. The molecule has 0 aromatic carbocycles. The summed E-state index contributed by atoms with van der Waals surface area (Å²) in [6, 6.07) is 1.37. The Hall–Kier alpha value is -1.52. The Kier molecular flexibility index (Phi) is 3.68. The van der Waals surface area contributed by atoms with Crippen LogP contribution in [0.3, 0.4) is 0 Å². The minimum absolute atomic E-state index is 0.0809. The number of pyridine rings is 1. The van der Waals surface area contributed by atoms with E-state index in [-0.39, 0.29) is 22.1 Å². The number of hydrogen-bond acceptors (Lipinski definition) is 7. The van der Waals surface area contributed by atoms with Crippen LogP contribution in [-0.4, -0.2) is 49.7 Å². The summed E-state index contributed by atoms with van der Waals surface area (Å²) in [4.78, 5) is 12.7. The first-order chi connectivity index (χ1) is 10.1. The van der Waals surface area contributed by atoms with Crippen molar-refractivity contribution < 1.29 is 24.2 Å². The van der Waals surface area contributed by atoms with Gasteiger partial charge in [0.15, 0.2) is 29.3 Å². The van der Waals surface area contributed by atoms with Crippen LogP contribution in [0.15, 0.2) is 12.4 Å². The zero-order chi connectivity index (χ0) is 15.1. The van der Waals surface area contributed by atoms with E-state index >= 15 is 0 Å². The highest BCUT2D eigenvalue weighted by atomic mass is 35.5. The van der Waals surface area contributed by atoms with Crippen molar-refractivity contribution in [2.24, 2.45) is 5.90 Å². The first-order valence-electron chi connectivity index (χ1n) is 6.05. The monoisotopic (exact) mass is 318 g/mol. The highest BCUT2D eigenvalue weighted by Gasteiger charge is 2.45. The van der Waals surface area contributed by atoms with Crippen LogP contribution in [0.4, 0.5) is 4.39 Å². The topological polar surface area (TPSA) is 116 Å². The zero-order valence-electron chi connectivity index (χ0n) is 10.6. The minimum Gasteiger partial charge on any atom is -0.409 e. The number of imidazole rings is 1. The maximum absolute atomic E-state index is 14.1. The Labute approximate surface area is 122 Å². The largest absolute Gasteiger partial charge is 0.409 e. The van der Waals surface area contributed by atoms with Crippen molar-refractivity contribution >= 4 is 22.8 Å². The molecule has 0 amide bonds. The second-order valence-electron chi connectivity index (χ2n) is 4.57. The molecule has 10 heteroatoms. The summed E-state index contributed by atoms with van der Waals surface area (Å²) in [6.07, 6.45) is -4.12. The van der Waals surface area contributed by atoms with Crippen molar-refractivity contribution in [2.75, 3.05) is 6.61 Å². The first-order valence-corrected chi connectivity index (χ1v) is 6.43. The molecule has 1 aliphatic heterocycles. The van der Waals surface area contributed by atoms with Crippen LogP contribution in [0.25, 0.3) is 11.2 Å². The fraction of sp³-hybridized carbons (Fsp3) is 0.455. The Bertz CT molecular complexity index is 669. The normalized spacial score (nSPS) is 29.2. The molecule has 2 aromatic heterocycles. The third-order valence-corrected chi connectivity index (χ3v) is 3.53. The number of ether oxygens (including phenoxy) is 1. The van der Waals surface area contributed by atoms with Gasteiger partial charge in [-0.15, -0.1) is 0 Å². The molecular weight excluding hydrogens is 307 g/mol. The highest BCUT2D eigenvalue weighted by Crippen LogP contribution is 2.35. The molecule has 0 spiro atoms. The summed E-state index contributed by atoms with van der Waals surface area (Å²) in [5, 5.41) is 18.8. The van der Waals surface area contributed by atoms with Gasteiger partial charge in [-0.05, 0) is 0 Å². The van der Waals surface area contributed by atoms with E-state index in [0.29, 0.717) is 0 Å². The van der Waals surface area contributed by atoms with Crippen LogP contribution in [-0.2, 0) is 4.74 Å². The molecule has 1 saturated heterocycles. The molecule has 21 heavy (non-hydrogen) atoms. The third kappa shape index (κ3) is 2.23. The van der Waals surface area contributed by atoms with Crippen LogP contribution < -0.4 is 10.7 Å². The SMILES string of the molecule is NOc1cc(Cl)nc2c1ncn2C1OC(CO)C(O)C1F. The maximum atomic E-state index is 14.1. The Morgan fingerprint density at radius 3 is 2.95 bits per heavy atom. The van der Waals surface area contributed by atoms with E-state index < -0.39 is 31.2 Å². The van der Waals surface area contributed by atoms with Crippen LogP contribution >= 0.6 is 11.6 Å². The highest BCUT2D eigenvalue weighted by molar-refractivity contribution is 6.30. The smallest absolute Gasteiger partial charge is 0.179 e. The van der Waals surface area contributed by atoms with Gasteiger partial charge in [0.25, 0.3) is 0 Å². The number of nitrogens with two attached hydrogens (primary N) is 1. The molecule has 4 N–H and O–H groups in total. The van der Waals surface area contributed by atoms with Gasteiger partial charge in [0.1, 0.15) is 17.4 Å². The van der Waals surface area contributed by atoms with Crippen molar-refractivity contribution in [1.29, 1.82) is 0 Å². The number of hydrogen-bond donors (Lipinski definition) is 3. The van der Waals surface area contributed by atoms with Crippen LogP contribution in [0.2, 0.25) is 5.15 Å². The lowest BCUT2D eigenvalue weighted by Crippen LogP contribution is -2.30. The fourth-order valence-corrected chi connectivity index (χ4v) is 2.48. The number of fused-ring (bicyclic) bond motifs is 1. The van der Waals surface area contributed by atoms with Gasteiger partial charge >= 0.3 is 0 Å². The third-order valence-electron chi connectivity index (χ3n) is 3.34. The molecule has 8 nitrogen and oxygen atoms in total. The molecule has 0 aliphatic carbocycles. The average molecular weight is 319 g/mol. The number of halogens is 2. The van der Waals surface area contributed by atoms with E-state index in [2.05, 4.69) is 14.8 Å². The molecule has 2 aromatic rings. The van der Waals surface area contributed by atoms with Gasteiger partial charge in [-0.2, -0.15) is 5.90 Å². The molecule has 0 radical (unpaired) electrons. The van der Waals surface area contributed by atoms with E-state index in [1.165, 1.54) is 17.0 Å². The van der Waals surface area contributed by atoms with Gasteiger partial charge in [0.2, 0.25) is 0 Å². The molecule has 3 heterocycles. The maximum Gasteiger partial charge on any atom is 0.179 e. The van der Waals surface area contributed by atoms with E-state index in [0.717, 1.165) is 0 Å². The Morgan fingerprint density at radius 1 is 1.57 bits per heavy atom. The van der Waals surface area contributed by atoms with E-state index in [9.17, 15) is 9.50 Å². The molecular formula is C11H12ClFN4O4. The predicted octanol–water partition coefficient (Wildman–Crippen LogP) is -0.0741. The predicted molar refractivity (Wildman–Crippen MR) is 69.3 cm³/mol. The minimum atomic E-state index is -1.75. The summed E-state index contributed by atoms with van der Waals surface area (Å²) >= 11 is 5.85. The van der Waals surface area contributed by atoms with Gasteiger partial charge in [0.05, 0.1) is 12.9 Å². The second kappa shape index (κ2) is 5.35. The summed E-state index contributed by atoms with van der Waals surface area (Å²) in [5.41, 5.74) is 0.473. The van der Waals surface area contributed by atoms with Crippen LogP contribution in [0.5, 0.6) is 5.75 Å². The Balaban J connectivity index is 2.07. The van der Waals surface area contributed by atoms with E-state index in [1.807, 2.05) is 0 Å². The van der Waals surface area contributed by atoms with E-state index in [1.54, 1.807) is 0 Å². The average Bonchev–Trinajstić information content (AvgIpc) is 3.01. The zero-order valence-corrected chi connectivity index (χ0v) is 11.3. The number of aromatic nitrogens is 3. The van der Waals surface area contributed by atoms with Crippen molar-refractivity contribution in [3.05, 3.63) is 17.5 Å². The van der Waals surface area contributed by atoms with Crippen molar-refractivity contribution in [3.63, 3.8) is 0 Å². The lowest BCUT2D eigenvalue weighted by molar-refractivity contribution is -0.0459. The van der Waals surface area contributed by atoms with Crippen LogP contribution in [0.1, 0.15) is 6.23 Å². The summed E-state index contributed by atoms with van der Waals surface area (Å²) in [6.45, 7) is -0.504. The number of nitrogens with zero attached hydrogens (tertiary/aromatic N) is 3. The summed E-state index contributed by atoms with van der Waals surface area (Å²) in [7, 11) is 0. The summed E-state index contributed by atoms with van der Waals surface area (Å²) < 4.78 is 20.7. The van der Waals surface area contributed by atoms with Crippen molar-refractivity contribution in [3.8, 4) is 5.75 Å². The lowest BCUT2D eigenvalue weighted by atomic mass is 10.1. The first kappa shape index (κ1) is 14.4. The van der Waals surface area contributed by atoms with E-state index in [4.69, 9.17) is 27.3 Å². The Morgan fingerprint density at radius 2 is 2.33 bits per heavy atom. The van der Waals surface area contributed by atoms with Gasteiger partial charge in [-0.3, -0.25) is 4.57 Å². The number of alkyl halides is 1. The number of aliphatic hydroxyl groups is 2. The molecule has 1 fully saturated rings. The fourth-order valence-electron chi connectivity index (χ4n) is 2.30. The number of aliphatic hydroxyl groups excluding tert-OH is 2. The van der Waals surface area contributed by atoms with Gasteiger partial charge in [-0.25, -0.2) is 14.4 Å². The second-order valence-corrected chi connectivity index (χ2v) is 4.95. The standard InChI is InChI=1S/C11H12ClFN4O4/c12-6-1-4(21-14)8-10(16-6)17(3-15-8)11-7(13)9(19)5(2-18)20-11/h1,3,5,7,9,11,18-19H,2,14H2. The van der Waals surface area contributed by atoms with Crippen molar-refractivity contribution in [2.45, 2.75) is 24.6 Å². The molecule has 4 atom stereocenters. The van der Waals surface area contributed by atoms with Gasteiger partial charge in [-0.1, -0.05) is 11.6 Å². The molecule has 3 rings (SSSR count). The molecule has 4 unspecified atom stereocenters. The molecule has 0 saturated carbocycles. The van der Waals surface area contributed by atoms with Crippen molar-refractivity contribution in [1.82, 2.24) is 14.5 Å². The van der Waals surface area contributed by atoms with Crippen LogP contribution in [0, 0.1) is 0 Å². The molecule has 0 bridgehead atoms. The quantitative estimate of drug-likeness (QED) is 0.535. The van der Waals surface area contributed by atoms with Gasteiger partial charge < -0.3 is 19.8 Å².